The minimum absolute atomic E-state index is 0. The first kappa shape index (κ1) is 19.6. The number of carbonyl (C=O) groups excluding carboxylic acids is 1. The topological polar surface area (TPSA) is 41.6 Å². The van der Waals surface area contributed by atoms with E-state index in [9.17, 15) is 9.18 Å². The number of ether oxygens (including phenoxy) is 1. The lowest BCUT2D eigenvalue weighted by Crippen LogP contribution is -2.53. The highest BCUT2D eigenvalue weighted by atomic mass is 35.5. The summed E-state index contributed by atoms with van der Waals surface area (Å²) in [6, 6.07) is 6.50. The Morgan fingerprint density at radius 3 is 2.27 bits per heavy atom. The van der Waals surface area contributed by atoms with Gasteiger partial charge >= 0.3 is 0 Å². The molecule has 4 nitrogen and oxygen atoms in total. The van der Waals surface area contributed by atoms with Crippen molar-refractivity contribution >= 4 is 18.3 Å². The van der Waals surface area contributed by atoms with Gasteiger partial charge in [-0.1, -0.05) is 12.1 Å². The van der Waals surface area contributed by atoms with Crippen LogP contribution in [0, 0.1) is 11.2 Å². The maximum atomic E-state index is 13.5. The SMILES string of the molecule is Cl.O=C(N1CCC2(CCNC2)CC1)C1(c2ccc(F)cc2)CCOCC1. The quantitative estimate of drug-likeness (QED) is 0.855. The Hall–Kier alpha value is -1.17. The molecule has 6 heteroatoms. The molecular formula is C20H28ClFN2O2. The van der Waals surface area contributed by atoms with E-state index in [4.69, 9.17) is 4.74 Å². The number of carbonyl (C=O) groups is 1. The van der Waals surface area contributed by atoms with Crippen LogP contribution in [0.4, 0.5) is 4.39 Å². The van der Waals surface area contributed by atoms with E-state index >= 15 is 0 Å². The van der Waals surface area contributed by atoms with Crippen molar-refractivity contribution in [2.75, 3.05) is 39.4 Å². The van der Waals surface area contributed by atoms with Gasteiger partial charge in [0.25, 0.3) is 0 Å². The average molecular weight is 383 g/mol. The maximum Gasteiger partial charge on any atom is 0.233 e. The second-order valence-corrected chi connectivity index (χ2v) is 7.92. The molecule has 3 saturated heterocycles. The molecule has 1 amide bonds. The highest BCUT2D eigenvalue weighted by Gasteiger charge is 2.46. The molecule has 3 aliphatic heterocycles. The van der Waals surface area contributed by atoms with Crippen molar-refractivity contribution in [2.45, 2.75) is 37.5 Å². The molecule has 0 aliphatic carbocycles. The number of likely N-dealkylation sites (tertiary alicyclic amines) is 1. The number of nitrogens with one attached hydrogen (secondary N) is 1. The molecule has 26 heavy (non-hydrogen) atoms. The van der Waals surface area contributed by atoms with Gasteiger partial charge in [-0.2, -0.15) is 0 Å². The van der Waals surface area contributed by atoms with Crippen LogP contribution in [0.3, 0.4) is 0 Å². The van der Waals surface area contributed by atoms with Gasteiger partial charge < -0.3 is 15.0 Å². The summed E-state index contributed by atoms with van der Waals surface area (Å²) in [7, 11) is 0. The van der Waals surface area contributed by atoms with E-state index in [1.165, 1.54) is 18.6 Å². The predicted octanol–water partition coefficient (Wildman–Crippen LogP) is 2.90. The summed E-state index contributed by atoms with van der Waals surface area (Å²) in [5, 5.41) is 3.47. The van der Waals surface area contributed by atoms with Crippen LogP contribution < -0.4 is 5.32 Å². The molecular weight excluding hydrogens is 355 g/mol. The summed E-state index contributed by atoms with van der Waals surface area (Å²) in [5.74, 6) is -0.0460. The third kappa shape index (κ3) is 3.49. The fourth-order valence-corrected chi connectivity index (χ4v) is 4.82. The first-order valence-electron chi connectivity index (χ1n) is 9.48. The monoisotopic (exact) mass is 382 g/mol. The van der Waals surface area contributed by atoms with Crippen LogP contribution in [0.1, 0.15) is 37.7 Å². The lowest BCUT2D eigenvalue weighted by atomic mass is 9.71. The van der Waals surface area contributed by atoms with Gasteiger partial charge in [0, 0.05) is 32.8 Å². The molecule has 0 unspecified atom stereocenters. The number of piperidine rings is 1. The number of rotatable bonds is 2. The van der Waals surface area contributed by atoms with Crippen molar-refractivity contribution in [2.24, 2.45) is 5.41 Å². The van der Waals surface area contributed by atoms with E-state index in [1.807, 2.05) is 0 Å². The molecule has 0 bridgehead atoms. The minimum atomic E-state index is -0.551. The largest absolute Gasteiger partial charge is 0.381 e. The zero-order valence-electron chi connectivity index (χ0n) is 15.1. The van der Waals surface area contributed by atoms with E-state index < -0.39 is 5.41 Å². The Labute approximate surface area is 160 Å². The lowest BCUT2D eigenvalue weighted by molar-refractivity contribution is -0.143. The van der Waals surface area contributed by atoms with Crippen LogP contribution in [0.2, 0.25) is 0 Å². The van der Waals surface area contributed by atoms with Gasteiger partial charge in [-0.15, -0.1) is 12.4 Å². The van der Waals surface area contributed by atoms with Gasteiger partial charge in [0.05, 0.1) is 5.41 Å². The molecule has 4 rings (SSSR count). The van der Waals surface area contributed by atoms with E-state index in [0.29, 0.717) is 31.5 Å². The zero-order valence-corrected chi connectivity index (χ0v) is 16.0. The second kappa shape index (κ2) is 7.83. The van der Waals surface area contributed by atoms with E-state index in [1.54, 1.807) is 12.1 Å². The predicted molar refractivity (Wildman–Crippen MR) is 101 cm³/mol. The molecule has 1 aromatic carbocycles. The van der Waals surface area contributed by atoms with Crippen LogP contribution in [0.5, 0.6) is 0 Å². The summed E-state index contributed by atoms with van der Waals surface area (Å²) < 4.78 is 18.9. The molecule has 0 radical (unpaired) electrons. The number of hydrogen-bond donors (Lipinski definition) is 1. The van der Waals surface area contributed by atoms with Crippen molar-refractivity contribution in [1.82, 2.24) is 10.2 Å². The molecule has 1 spiro atoms. The van der Waals surface area contributed by atoms with Gasteiger partial charge in [-0.05, 0) is 61.8 Å². The molecule has 1 aromatic rings. The van der Waals surface area contributed by atoms with Crippen molar-refractivity contribution < 1.29 is 13.9 Å². The average Bonchev–Trinajstić information content (AvgIpc) is 3.11. The normalized spacial score (nSPS) is 24.3. The van der Waals surface area contributed by atoms with E-state index in [2.05, 4.69) is 10.2 Å². The molecule has 144 valence electrons. The summed E-state index contributed by atoms with van der Waals surface area (Å²) in [6.45, 7) is 5.04. The van der Waals surface area contributed by atoms with Crippen LogP contribution in [-0.2, 0) is 14.9 Å². The number of amides is 1. The van der Waals surface area contributed by atoms with Gasteiger partial charge in [0.2, 0.25) is 5.91 Å². The Kier molecular flexibility index (Phi) is 5.90. The lowest BCUT2D eigenvalue weighted by Gasteiger charge is -2.44. The Morgan fingerprint density at radius 1 is 1.04 bits per heavy atom. The first-order chi connectivity index (χ1) is 12.1. The van der Waals surface area contributed by atoms with Gasteiger partial charge in [-0.3, -0.25) is 4.79 Å². The Balaban J connectivity index is 0.00000196. The second-order valence-electron chi connectivity index (χ2n) is 7.92. The van der Waals surface area contributed by atoms with Crippen molar-refractivity contribution in [1.29, 1.82) is 0 Å². The molecule has 0 saturated carbocycles. The summed E-state index contributed by atoms with van der Waals surface area (Å²) in [6.07, 6.45) is 4.76. The van der Waals surface area contributed by atoms with Gasteiger partial charge in [-0.25, -0.2) is 4.39 Å². The standard InChI is InChI=1S/C20H27FN2O2.ClH/c21-17-3-1-16(2-4-17)20(8-13-25-14-9-20)18(24)23-11-6-19(7-12-23)5-10-22-15-19;/h1-4,22H,5-15H2;1H. The molecule has 3 fully saturated rings. The van der Waals surface area contributed by atoms with Crippen molar-refractivity contribution in [3.05, 3.63) is 35.6 Å². The summed E-state index contributed by atoms with van der Waals surface area (Å²) in [5.41, 5.74) is 0.782. The Bertz CT molecular complexity index is 615. The minimum Gasteiger partial charge on any atom is -0.381 e. The number of nitrogens with zero attached hydrogens (tertiary/aromatic N) is 1. The third-order valence-electron chi connectivity index (χ3n) is 6.60. The first-order valence-corrected chi connectivity index (χ1v) is 9.48. The third-order valence-corrected chi connectivity index (χ3v) is 6.60. The molecule has 3 aliphatic rings. The highest BCUT2D eigenvalue weighted by Crippen LogP contribution is 2.41. The van der Waals surface area contributed by atoms with Crippen LogP contribution >= 0.6 is 12.4 Å². The fourth-order valence-electron chi connectivity index (χ4n) is 4.82. The van der Waals surface area contributed by atoms with Crippen LogP contribution in [0.25, 0.3) is 0 Å². The number of benzene rings is 1. The smallest absolute Gasteiger partial charge is 0.233 e. The summed E-state index contributed by atoms with van der Waals surface area (Å²) >= 11 is 0. The number of hydrogen-bond acceptors (Lipinski definition) is 3. The zero-order chi connectivity index (χ0) is 17.3. The van der Waals surface area contributed by atoms with E-state index in [0.717, 1.165) is 44.6 Å². The highest BCUT2D eigenvalue weighted by molar-refractivity contribution is 5.88. The molecule has 3 heterocycles. The van der Waals surface area contributed by atoms with Gasteiger partial charge in [0.1, 0.15) is 5.82 Å². The summed E-state index contributed by atoms with van der Waals surface area (Å²) in [4.78, 5) is 15.6. The number of halogens is 2. The van der Waals surface area contributed by atoms with E-state index in [-0.39, 0.29) is 24.1 Å². The van der Waals surface area contributed by atoms with Crippen molar-refractivity contribution in [3.63, 3.8) is 0 Å². The Morgan fingerprint density at radius 2 is 1.69 bits per heavy atom. The molecule has 0 atom stereocenters. The maximum absolute atomic E-state index is 13.5. The van der Waals surface area contributed by atoms with Crippen molar-refractivity contribution in [3.8, 4) is 0 Å². The fraction of sp³-hybridized carbons (Fsp3) is 0.650. The molecule has 0 aromatic heterocycles. The van der Waals surface area contributed by atoms with Crippen LogP contribution in [0.15, 0.2) is 24.3 Å². The van der Waals surface area contributed by atoms with Crippen LogP contribution in [-0.4, -0.2) is 50.2 Å². The molecule has 1 N–H and O–H groups in total. The van der Waals surface area contributed by atoms with Gasteiger partial charge in [0.15, 0.2) is 0 Å².